The molecule has 0 aliphatic rings. The summed E-state index contributed by atoms with van der Waals surface area (Å²) < 4.78 is 21.1. The van der Waals surface area contributed by atoms with Crippen LogP contribution >= 0.6 is 0 Å². The second kappa shape index (κ2) is 8.98. The first kappa shape index (κ1) is 20.2. The smallest absolute Gasteiger partial charge is 0.287 e. The van der Waals surface area contributed by atoms with E-state index < -0.39 is 11.9 Å². The zero-order valence-corrected chi connectivity index (χ0v) is 16.1. The third-order valence-corrected chi connectivity index (χ3v) is 4.03. The number of likely N-dealkylation sites (N-methyl/N-ethyl adjacent to an activating group) is 1. The summed E-state index contributed by atoms with van der Waals surface area (Å²) in [4.78, 5) is 26.1. The minimum atomic E-state index is -0.723. The Morgan fingerprint density at radius 2 is 1.81 bits per heavy atom. The minimum absolute atomic E-state index is 0.152. The molecule has 0 saturated carbocycles. The Balaban J connectivity index is 2.10. The Labute approximate surface area is 158 Å². The van der Waals surface area contributed by atoms with Crippen molar-refractivity contribution in [1.82, 2.24) is 10.2 Å². The number of ether oxygens (including phenoxy) is 3. The molecule has 2 rings (SSSR count). The number of carbonyl (C=O) groups excluding carboxylic acids is 2. The van der Waals surface area contributed by atoms with Crippen LogP contribution in [0.1, 0.15) is 23.0 Å². The molecule has 0 unspecified atom stereocenters. The lowest BCUT2D eigenvalue weighted by atomic mass is 10.1. The Kier molecular flexibility index (Phi) is 6.70. The van der Waals surface area contributed by atoms with Gasteiger partial charge in [0.1, 0.15) is 6.04 Å². The van der Waals surface area contributed by atoms with Crippen LogP contribution in [0.3, 0.4) is 0 Å². The summed E-state index contributed by atoms with van der Waals surface area (Å²) in [6.45, 7) is 1.88. The van der Waals surface area contributed by atoms with Crippen LogP contribution < -0.4 is 19.5 Å². The summed E-state index contributed by atoms with van der Waals surface area (Å²) in [5.74, 6) is 0.927. The van der Waals surface area contributed by atoms with Crippen molar-refractivity contribution in [2.45, 2.75) is 19.5 Å². The summed E-state index contributed by atoms with van der Waals surface area (Å²) in [6, 6.07) is 5.97. The average molecular weight is 376 g/mol. The maximum Gasteiger partial charge on any atom is 0.287 e. The molecule has 2 aromatic rings. The second-order valence-electron chi connectivity index (χ2n) is 5.86. The number of hydrogen-bond acceptors (Lipinski definition) is 6. The van der Waals surface area contributed by atoms with Crippen LogP contribution in [0.4, 0.5) is 0 Å². The van der Waals surface area contributed by atoms with E-state index in [9.17, 15) is 9.59 Å². The van der Waals surface area contributed by atoms with Gasteiger partial charge in [-0.1, -0.05) is 0 Å². The van der Waals surface area contributed by atoms with Crippen LogP contribution in [0.2, 0.25) is 0 Å². The molecule has 8 heteroatoms. The van der Waals surface area contributed by atoms with E-state index in [1.54, 1.807) is 32.2 Å². The lowest BCUT2D eigenvalue weighted by Crippen LogP contribution is -2.45. The summed E-state index contributed by atoms with van der Waals surface area (Å²) in [6.07, 6.45) is 1.40. The van der Waals surface area contributed by atoms with Crippen molar-refractivity contribution >= 4 is 11.8 Å². The predicted octanol–water partition coefficient (Wildman–Crippen LogP) is 2.08. The number of carbonyl (C=O) groups is 2. The fourth-order valence-corrected chi connectivity index (χ4v) is 2.69. The molecule has 0 saturated heterocycles. The summed E-state index contributed by atoms with van der Waals surface area (Å²) >= 11 is 0. The van der Waals surface area contributed by atoms with E-state index in [4.69, 9.17) is 18.6 Å². The van der Waals surface area contributed by atoms with Gasteiger partial charge in [0, 0.05) is 19.2 Å². The van der Waals surface area contributed by atoms with Gasteiger partial charge in [0.25, 0.3) is 5.91 Å². The molecule has 8 nitrogen and oxygen atoms in total. The maximum atomic E-state index is 12.6. The first-order chi connectivity index (χ1) is 12.9. The molecule has 1 aromatic carbocycles. The first-order valence-corrected chi connectivity index (χ1v) is 8.30. The van der Waals surface area contributed by atoms with Crippen molar-refractivity contribution in [3.05, 3.63) is 41.9 Å². The van der Waals surface area contributed by atoms with Crippen molar-refractivity contribution in [3.8, 4) is 17.2 Å². The molecular weight excluding hydrogens is 352 g/mol. The molecule has 0 fully saturated rings. The van der Waals surface area contributed by atoms with Crippen LogP contribution in [-0.2, 0) is 11.3 Å². The van der Waals surface area contributed by atoms with Crippen LogP contribution in [0.25, 0.3) is 0 Å². The van der Waals surface area contributed by atoms with Gasteiger partial charge in [-0.25, -0.2) is 0 Å². The van der Waals surface area contributed by atoms with Gasteiger partial charge in [0.15, 0.2) is 17.3 Å². The molecule has 0 radical (unpaired) electrons. The van der Waals surface area contributed by atoms with Crippen LogP contribution in [0, 0.1) is 0 Å². The Morgan fingerprint density at radius 1 is 1.11 bits per heavy atom. The van der Waals surface area contributed by atoms with Gasteiger partial charge in [0.2, 0.25) is 11.7 Å². The molecule has 1 N–H and O–H groups in total. The summed E-state index contributed by atoms with van der Waals surface area (Å²) in [5, 5.41) is 2.62. The van der Waals surface area contributed by atoms with E-state index in [0.29, 0.717) is 17.2 Å². The highest BCUT2D eigenvalue weighted by atomic mass is 16.5. The van der Waals surface area contributed by atoms with E-state index in [0.717, 1.165) is 5.56 Å². The van der Waals surface area contributed by atoms with Crippen molar-refractivity contribution in [3.63, 3.8) is 0 Å². The summed E-state index contributed by atoms with van der Waals surface area (Å²) in [7, 11) is 6.23. The van der Waals surface area contributed by atoms with E-state index in [-0.39, 0.29) is 18.2 Å². The SMILES string of the molecule is COc1ccc(CN(C)C(=O)[C@H](C)NC(=O)c2ccco2)c(OC)c1OC. The highest BCUT2D eigenvalue weighted by molar-refractivity contribution is 5.95. The van der Waals surface area contributed by atoms with Gasteiger partial charge < -0.3 is 28.8 Å². The molecule has 1 aromatic heterocycles. The van der Waals surface area contributed by atoms with Crippen LogP contribution in [0.5, 0.6) is 17.2 Å². The Bertz CT molecular complexity index is 788. The molecule has 0 aliphatic carbocycles. The number of hydrogen-bond donors (Lipinski definition) is 1. The van der Waals surface area contributed by atoms with Crippen LogP contribution in [0.15, 0.2) is 34.9 Å². The first-order valence-electron chi connectivity index (χ1n) is 8.30. The normalized spacial score (nSPS) is 11.4. The quantitative estimate of drug-likeness (QED) is 0.759. The van der Waals surface area contributed by atoms with E-state index in [2.05, 4.69) is 5.32 Å². The fourth-order valence-electron chi connectivity index (χ4n) is 2.69. The monoisotopic (exact) mass is 376 g/mol. The van der Waals surface area contributed by atoms with Gasteiger partial charge in [0.05, 0.1) is 27.6 Å². The molecular formula is C19H24N2O6. The molecule has 0 bridgehead atoms. The number of rotatable bonds is 8. The largest absolute Gasteiger partial charge is 0.493 e. The Hall–Kier alpha value is -3.16. The third kappa shape index (κ3) is 4.52. The Morgan fingerprint density at radius 3 is 2.37 bits per heavy atom. The molecule has 1 atom stereocenters. The van der Waals surface area contributed by atoms with Gasteiger partial charge in [-0.05, 0) is 31.2 Å². The highest BCUT2D eigenvalue weighted by Gasteiger charge is 2.23. The van der Waals surface area contributed by atoms with Gasteiger partial charge in [-0.3, -0.25) is 9.59 Å². The van der Waals surface area contributed by atoms with Crippen molar-refractivity contribution < 1.29 is 28.2 Å². The molecule has 146 valence electrons. The zero-order valence-electron chi connectivity index (χ0n) is 16.1. The minimum Gasteiger partial charge on any atom is -0.493 e. The number of amides is 2. The van der Waals surface area contributed by atoms with Gasteiger partial charge in [-0.15, -0.1) is 0 Å². The fraction of sp³-hybridized carbons (Fsp3) is 0.368. The number of nitrogens with one attached hydrogen (secondary N) is 1. The number of furan rings is 1. The second-order valence-corrected chi connectivity index (χ2v) is 5.86. The van der Waals surface area contributed by atoms with Crippen LogP contribution in [-0.4, -0.2) is 51.1 Å². The zero-order chi connectivity index (χ0) is 20.0. The van der Waals surface area contributed by atoms with E-state index in [1.165, 1.54) is 38.6 Å². The molecule has 1 heterocycles. The average Bonchev–Trinajstić information content (AvgIpc) is 3.21. The van der Waals surface area contributed by atoms with Crippen molar-refractivity contribution in [1.29, 1.82) is 0 Å². The maximum absolute atomic E-state index is 12.6. The highest BCUT2D eigenvalue weighted by Crippen LogP contribution is 2.40. The number of nitrogens with zero attached hydrogens (tertiary/aromatic N) is 1. The van der Waals surface area contributed by atoms with Gasteiger partial charge >= 0.3 is 0 Å². The molecule has 0 aliphatic heterocycles. The van der Waals surface area contributed by atoms with Crippen molar-refractivity contribution in [2.24, 2.45) is 0 Å². The molecule has 27 heavy (non-hydrogen) atoms. The number of methoxy groups -OCH3 is 3. The topological polar surface area (TPSA) is 90.2 Å². The van der Waals surface area contributed by atoms with Gasteiger partial charge in [-0.2, -0.15) is 0 Å². The molecule has 2 amide bonds. The lowest BCUT2D eigenvalue weighted by Gasteiger charge is -2.23. The van der Waals surface area contributed by atoms with E-state index >= 15 is 0 Å². The predicted molar refractivity (Wildman–Crippen MR) is 98.2 cm³/mol. The lowest BCUT2D eigenvalue weighted by molar-refractivity contribution is -0.132. The third-order valence-electron chi connectivity index (χ3n) is 4.03. The molecule has 0 spiro atoms. The van der Waals surface area contributed by atoms with E-state index in [1.807, 2.05) is 0 Å². The number of benzene rings is 1. The standard InChI is InChI=1S/C19H24N2O6/c1-12(20-18(22)15-7-6-10-27-15)19(23)21(2)11-13-8-9-14(24-3)17(26-5)16(13)25-4/h6-10,12H,11H2,1-5H3,(H,20,22)/t12-/m0/s1. The van der Waals surface area contributed by atoms with Crippen molar-refractivity contribution in [2.75, 3.05) is 28.4 Å². The summed E-state index contributed by atoms with van der Waals surface area (Å²) in [5.41, 5.74) is 0.746.